The van der Waals surface area contributed by atoms with Crippen molar-refractivity contribution in [1.82, 2.24) is 5.32 Å². The zero-order chi connectivity index (χ0) is 56.7. The Morgan fingerprint density at radius 3 is 1.26 bits per heavy atom. The van der Waals surface area contributed by atoms with Crippen LogP contribution in [0.1, 0.15) is 271 Å². The van der Waals surface area contributed by atoms with Crippen LogP contribution in [0.15, 0.2) is 36.5 Å². The normalized spacial score (nSPS) is 24.7. The molecule has 458 valence electrons. The predicted octanol–water partition coefficient (Wildman–Crippen LogP) is 11.8. The minimum Gasteiger partial charge on any atom is -0.394 e. The molecule has 78 heavy (non-hydrogen) atoms. The highest BCUT2D eigenvalue weighted by Gasteiger charge is 2.51. The standard InChI is InChI=1S/C64H119NO13/c1-3-5-7-9-11-13-15-17-19-21-23-25-26-28-29-31-33-35-37-39-41-43-45-47-53(68)52(51-75-63-61(74)59(72)62(55(50-67)77-63)78-64-60(73)58(71)57(70)54(49-66)76-64)65-56(69)48-46-44-42-40-38-36-34-32-30-27-24-22-20-18-16-14-12-10-8-6-4-2/h29,31,37,39,45,47,52-55,57-64,66-68,70-74H,3-28,30,32-36,38,40-44,46,48-51H2,1-2H3,(H,65,69)/b31-29+,39-37+,47-45+. The van der Waals surface area contributed by atoms with Crippen molar-refractivity contribution in [2.75, 3.05) is 19.8 Å². The number of ether oxygens (including phenoxy) is 4. The number of carbonyl (C=O) groups is 1. The second-order valence-corrected chi connectivity index (χ2v) is 22.9. The highest BCUT2D eigenvalue weighted by atomic mass is 16.7. The van der Waals surface area contributed by atoms with Crippen molar-refractivity contribution in [1.29, 1.82) is 0 Å². The van der Waals surface area contributed by atoms with Crippen molar-refractivity contribution in [2.24, 2.45) is 0 Å². The van der Waals surface area contributed by atoms with Crippen LogP contribution < -0.4 is 5.32 Å². The van der Waals surface area contributed by atoms with Crippen LogP contribution in [0.5, 0.6) is 0 Å². The number of aliphatic hydroxyl groups excluding tert-OH is 8. The summed E-state index contributed by atoms with van der Waals surface area (Å²) >= 11 is 0. The first-order valence-electron chi connectivity index (χ1n) is 32.2. The molecule has 2 saturated heterocycles. The Kier molecular flexibility index (Phi) is 46.2. The van der Waals surface area contributed by atoms with Crippen molar-refractivity contribution in [3.05, 3.63) is 36.5 Å². The SMILES string of the molecule is CCCCCCCCCCCCCCC/C=C/CC/C=C/CC/C=C/C(O)C(COC1OC(CO)C(OC2OC(CO)C(O)C(O)C2O)C(O)C1O)NC(=O)CCCCCCCCCCCCCCCCCCCCCCC. The fourth-order valence-electron chi connectivity index (χ4n) is 10.6. The van der Waals surface area contributed by atoms with Gasteiger partial charge in [0.05, 0.1) is 32.0 Å². The number of amides is 1. The van der Waals surface area contributed by atoms with Crippen LogP contribution in [-0.2, 0) is 23.7 Å². The number of hydrogen-bond acceptors (Lipinski definition) is 13. The Bertz CT molecular complexity index is 1450. The van der Waals surface area contributed by atoms with E-state index in [0.29, 0.717) is 12.8 Å². The number of aliphatic hydroxyl groups is 8. The van der Waals surface area contributed by atoms with E-state index in [9.17, 15) is 45.6 Å². The van der Waals surface area contributed by atoms with E-state index >= 15 is 0 Å². The molecule has 0 bridgehead atoms. The van der Waals surface area contributed by atoms with Gasteiger partial charge in [-0.3, -0.25) is 4.79 Å². The first-order chi connectivity index (χ1) is 38.1. The molecule has 14 nitrogen and oxygen atoms in total. The molecule has 2 aliphatic rings. The van der Waals surface area contributed by atoms with E-state index in [1.807, 2.05) is 6.08 Å². The van der Waals surface area contributed by atoms with Crippen LogP contribution in [0.2, 0.25) is 0 Å². The summed E-state index contributed by atoms with van der Waals surface area (Å²) in [5, 5.41) is 87.2. The predicted molar refractivity (Wildman–Crippen MR) is 314 cm³/mol. The third-order valence-electron chi connectivity index (χ3n) is 15.8. The van der Waals surface area contributed by atoms with Crippen LogP contribution in [0.25, 0.3) is 0 Å². The van der Waals surface area contributed by atoms with Gasteiger partial charge < -0.3 is 65.1 Å². The summed E-state index contributed by atoms with van der Waals surface area (Å²) < 4.78 is 22.8. The molecule has 12 unspecified atom stereocenters. The summed E-state index contributed by atoms with van der Waals surface area (Å²) in [5.41, 5.74) is 0. The van der Waals surface area contributed by atoms with Gasteiger partial charge in [-0.05, 0) is 44.9 Å². The Hall–Kier alpha value is -1.79. The summed E-state index contributed by atoms with van der Waals surface area (Å²) in [5.74, 6) is -0.249. The number of hydrogen-bond donors (Lipinski definition) is 9. The molecule has 0 radical (unpaired) electrons. The molecule has 0 saturated carbocycles. The average molecular weight is 1110 g/mol. The molecule has 2 fully saturated rings. The maximum absolute atomic E-state index is 13.3. The number of unbranched alkanes of at least 4 members (excludes halogenated alkanes) is 35. The zero-order valence-electron chi connectivity index (χ0n) is 49.4. The summed E-state index contributed by atoms with van der Waals surface area (Å²) in [6, 6.07) is -0.936. The fraction of sp³-hybridized carbons (Fsp3) is 0.891. The van der Waals surface area contributed by atoms with E-state index in [0.717, 1.165) is 44.9 Å². The maximum Gasteiger partial charge on any atom is 0.220 e. The number of carbonyl (C=O) groups excluding carboxylic acids is 1. The molecule has 14 heteroatoms. The van der Waals surface area contributed by atoms with Gasteiger partial charge in [0.15, 0.2) is 12.6 Å². The quantitative estimate of drug-likeness (QED) is 0.0204. The Labute approximate surface area is 474 Å². The molecule has 1 amide bonds. The fourth-order valence-corrected chi connectivity index (χ4v) is 10.6. The lowest BCUT2D eigenvalue weighted by Crippen LogP contribution is -2.65. The molecule has 2 heterocycles. The largest absolute Gasteiger partial charge is 0.394 e. The van der Waals surface area contributed by atoms with E-state index in [1.54, 1.807) is 6.08 Å². The van der Waals surface area contributed by atoms with Crippen molar-refractivity contribution < 1.29 is 64.6 Å². The van der Waals surface area contributed by atoms with E-state index < -0.39 is 86.8 Å². The summed E-state index contributed by atoms with van der Waals surface area (Å²) in [4.78, 5) is 13.3. The Morgan fingerprint density at radius 2 is 0.821 bits per heavy atom. The van der Waals surface area contributed by atoms with Gasteiger partial charge >= 0.3 is 0 Å². The van der Waals surface area contributed by atoms with Gasteiger partial charge in [0.25, 0.3) is 0 Å². The van der Waals surface area contributed by atoms with Crippen LogP contribution in [0.3, 0.4) is 0 Å². The van der Waals surface area contributed by atoms with Gasteiger partial charge in [0.1, 0.15) is 48.8 Å². The van der Waals surface area contributed by atoms with E-state index in [2.05, 4.69) is 43.5 Å². The molecule has 2 aliphatic heterocycles. The molecule has 9 N–H and O–H groups in total. The number of nitrogens with one attached hydrogen (secondary N) is 1. The second-order valence-electron chi connectivity index (χ2n) is 22.9. The average Bonchev–Trinajstić information content (AvgIpc) is 3.48. The molecular formula is C64H119NO13. The molecular weight excluding hydrogens is 991 g/mol. The maximum atomic E-state index is 13.3. The lowest BCUT2D eigenvalue weighted by Gasteiger charge is -2.46. The zero-order valence-corrected chi connectivity index (χ0v) is 49.4. The molecule has 0 aliphatic carbocycles. The smallest absolute Gasteiger partial charge is 0.220 e. The van der Waals surface area contributed by atoms with E-state index in [-0.39, 0.29) is 18.9 Å². The van der Waals surface area contributed by atoms with Gasteiger partial charge in [0.2, 0.25) is 5.91 Å². The van der Waals surface area contributed by atoms with Gasteiger partial charge in [-0.2, -0.15) is 0 Å². The van der Waals surface area contributed by atoms with E-state index in [1.165, 1.54) is 193 Å². The minimum atomic E-state index is -1.79. The van der Waals surface area contributed by atoms with Gasteiger partial charge in [0, 0.05) is 6.42 Å². The van der Waals surface area contributed by atoms with Gasteiger partial charge in [-0.1, -0.05) is 256 Å². The highest BCUT2D eigenvalue weighted by molar-refractivity contribution is 5.76. The third-order valence-corrected chi connectivity index (χ3v) is 15.8. The number of allylic oxidation sites excluding steroid dienone is 5. The van der Waals surface area contributed by atoms with Crippen LogP contribution >= 0.6 is 0 Å². The molecule has 0 spiro atoms. The first-order valence-corrected chi connectivity index (χ1v) is 32.2. The van der Waals surface area contributed by atoms with Crippen LogP contribution in [0.4, 0.5) is 0 Å². The molecule has 0 aromatic rings. The van der Waals surface area contributed by atoms with Crippen molar-refractivity contribution >= 4 is 5.91 Å². The Morgan fingerprint density at radius 1 is 0.449 bits per heavy atom. The topological polar surface area (TPSA) is 228 Å². The van der Waals surface area contributed by atoms with E-state index in [4.69, 9.17) is 18.9 Å². The first kappa shape index (κ1) is 72.3. The molecule has 0 aromatic heterocycles. The number of rotatable bonds is 52. The van der Waals surface area contributed by atoms with Crippen molar-refractivity contribution in [2.45, 2.75) is 344 Å². The summed E-state index contributed by atoms with van der Waals surface area (Å²) in [7, 11) is 0. The Balaban J connectivity index is 1.76. The lowest BCUT2D eigenvalue weighted by atomic mass is 9.97. The van der Waals surface area contributed by atoms with Crippen LogP contribution in [0, 0.1) is 0 Å². The van der Waals surface area contributed by atoms with Crippen molar-refractivity contribution in [3.8, 4) is 0 Å². The van der Waals surface area contributed by atoms with Gasteiger partial charge in [-0.25, -0.2) is 0 Å². The van der Waals surface area contributed by atoms with Gasteiger partial charge in [-0.15, -0.1) is 0 Å². The molecule has 0 aromatic carbocycles. The second kappa shape index (κ2) is 49.8. The van der Waals surface area contributed by atoms with Crippen molar-refractivity contribution in [3.63, 3.8) is 0 Å². The lowest BCUT2D eigenvalue weighted by molar-refractivity contribution is -0.359. The third kappa shape index (κ3) is 34.6. The monoisotopic (exact) mass is 1110 g/mol. The molecule has 2 rings (SSSR count). The van der Waals surface area contributed by atoms with Crippen LogP contribution in [-0.4, -0.2) is 140 Å². The summed E-state index contributed by atoms with van der Waals surface area (Å²) in [6.07, 6.45) is 44.8. The highest BCUT2D eigenvalue weighted by Crippen LogP contribution is 2.30. The minimum absolute atomic E-state index is 0.249. The summed E-state index contributed by atoms with van der Waals surface area (Å²) in [6.45, 7) is 2.81. The molecule has 12 atom stereocenters.